The molecule has 0 bridgehead atoms. The van der Waals surface area contributed by atoms with Gasteiger partial charge in [-0.05, 0) is 28.8 Å². The van der Waals surface area contributed by atoms with Crippen LogP contribution in [0.15, 0.2) is 59.5 Å². The minimum absolute atomic E-state index is 0.0602. The minimum Gasteiger partial charge on any atom is -0.432 e. The van der Waals surface area contributed by atoms with Crippen LogP contribution in [0.4, 0.5) is 4.79 Å². The molecule has 0 spiro atoms. The SMILES string of the molecule is CS(=O)(=O)c1ccc(C(COC(=O)OCC(CO[N+](=O)[O-])O[N+](=O)[O-])=C(CO)c2ccccc2)cc1. The van der Waals surface area contributed by atoms with Crippen LogP contribution in [0, 0.1) is 20.2 Å². The second-order valence-corrected chi connectivity index (χ2v) is 9.11. The van der Waals surface area contributed by atoms with Crippen molar-refractivity contribution >= 4 is 27.1 Å². The van der Waals surface area contributed by atoms with Crippen molar-refractivity contribution in [2.75, 3.05) is 32.7 Å². The highest BCUT2D eigenvalue weighted by Crippen LogP contribution is 2.27. The predicted molar refractivity (Wildman–Crippen MR) is 122 cm³/mol. The van der Waals surface area contributed by atoms with Crippen molar-refractivity contribution in [3.05, 3.63) is 86.0 Å². The van der Waals surface area contributed by atoms with E-state index in [4.69, 9.17) is 9.47 Å². The van der Waals surface area contributed by atoms with Crippen LogP contribution in [0.2, 0.25) is 0 Å². The predicted octanol–water partition coefficient (Wildman–Crippen LogP) is 1.93. The summed E-state index contributed by atoms with van der Waals surface area (Å²) in [4.78, 5) is 41.2. The summed E-state index contributed by atoms with van der Waals surface area (Å²) in [7, 11) is -3.47. The summed E-state index contributed by atoms with van der Waals surface area (Å²) in [6, 6.07) is 14.3. The summed E-state index contributed by atoms with van der Waals surface area (Å²) >= 11 is 0. The number of nitrogens with zero attached hydrogens (tertiary/aromatic N) is 2. The number of rotatable bonds is 13. The lowest BCUT2D eigenvalue weighted by Crippen LogP contribution is -2.30. The molecule has 0 aliphatic heterocycles. The fourth-order valence-electron chi connectivity index (χ4n) is 2.96. The summed E-state index contributed by atoms with van der Waals surface area (Å²) < 4.78 is 33.4. The maximum absolute atomic E-state index is 12.1. The second kappa shape index (κ2) is 13.0. The number of hydrogen-bond donors (Lipinski definition) is 1. The Labute approximate surface area is 204 Å². The van der Waals surface area contributed by atoms with E-state index in [-0.39, 0.29) is 4.90 Å². The highest BCUT2D eigenvalue weighted by atomic mass is 32.2. The Morgan fingerprint density at radius 1 is 0.917 bits per heavy atom. The van der Waals surface area contributed by atoms with Crippen molar-refractivity contribution < 1.29 is 47.6 Å². The van der Waals surface area contributed by atoms with Gasteiger partial charge in [-0.2, -0.15) is 0 Å². The number of aliphatic hydroxyl groups is 1. The van der Waals surface area contributed by atoms with Crippen molar-refractivity contribution in [2.45, 2.75) is 11.0 Å². The van der Waals surface area contributed by atoms with Crippen molar-refractivity contribution in [1.29, 1.82) is 0 Å². The molecule has 0 fully saturated rings. The number of carbonyl (C=O) groups is 1. The maximum atomic E-state index is 12.1. The number of aliphatic hydroxyl groups excluding tert-OH is 1. The molecule has 0 radical (unpaired) electrons. The molecule has 1 atom stereocenters. The largest absolute Gasteiger partial charge is 0.508 e. The van der Waals surface area contributed by atoms with Gasteiger partial charge in [0.15, 0.2) is 15.9 Å². The molecule has 0 aromatic heterocycles. The van der Waals surface area contributed by atoms with Gasteiger partial charge < -0.3 is 24.3 Å². The van der Waals surface area contributed by atoms with Crippen LogP contribution in [-0.4, -0.2) is 68.6 Å². The van der Waals surface area contributed by atoms with Gasteiger partial charge in [0.1, 0.15) is 19.8 Å². The Kier molecular flexibility index (Phi) is 10.1. The van der Waals surface area contributed by atoms with Gasteiger partial charge in [0, 0.05) is 11.8 Å². The number of benzene rings is 2. The first-order valence-electron chi connectivity index (χ1n) is 10.1. The summed E-state index contributed by atoms with van der Waals surface area (Å²) in [5.74, 6) is 0. The van der Waals surface area contributed by atoms with Gasteiger partial charge in [0.05, 0.1) is 11.5 Å². The van der Waals surface area contributed by atoms with Gasteiger partial charge >= 0.3 is 6.16 Å². The third-order valence-electron chi connectivity index (χ3n) is 4.60. The van der Waals surface area contributed by atoms with E-state index in [1.165, 1.54) is 24.3 Å². The van der Waals surface area contributed by atoms with Crippen LogP contribution in [0.3, 0.4) is 0 Å². The topological polar surface area (TPSA) is 195 Å². The zero-order valence-electron chi connectivity index (χ0n) is 18.8. The second-order valence-electron chi connectivity index (χ2n) is 7.10. The average molecular weight is 526 g/mol. The van der Waals surface area contributed by atoms with Crippen molar-refractivity contribution in [1.82, 2.24) is 0 Å². The molecular formula is C21H22N2O12S. The molecule has 0 heterocycles. The molecule has 15 heteroatoms. The zero-order valence-corrected chi connectivity index (χ0v) is 19.7. The standard InChI is InChI=1S/C21H22N2O12S/c1-36(30,31)18-9-7-16(8-10-18)20(19(11-24)15-5-3-2-4-6-15)14-33-21(25)32-12-17(35-23(28)29)13-34-22(26)27/h2-10,17,24H,11-14H2,1H3. The number of carbonyl (C=O) groups excluding carboxylic acids is 1. The first-order valence-corrected chi connectivity index (χ1v) is 12.0. The molecule has 2 aromatic rings. The van der Waals surface area contributed by atoms with Gasteiger partial charge in [0.25, 0.3) is 10.2 Å². The van der Waals surface area contributed by atoms with Gasteiger partial charge in [-0.1, -0.05) is 42.5 Å². The molecule has 194 valence electrons. The van der Waals surface area contributed by atoms with Crippen LogP contribution < -0.4 is 0 Å². The fraction of sp³-hybridized carbons (Fsp3) is 0.286. The van der Waals surface area contributed by atoms with Gasteiger partial charge in [-0.3, -0.25) is 0 Å². The first-order chi connectivity index (χ1) is 17.0. The maximum Gasteiger partial charge on any atom is 0.508 e. The Bertz CT molecular complexity index is 1200. The van der Waals surface area contributed by atoms with Crippen LogP contribution in [-0.2, 0) is 29.0 Å². The van der Waals surface area contributed by atoms with Crippen LogP contribution in [0.5, 0.6) is 0 Å². The van der Waals surface area contributed by atoms with Gasteiger partial charge in [-0.25, -0.2) is 13.2 Å². The summed E-state index contributed by atoms with van der Waals surface area (Å²) in [6.07, 6.45) is -1.83. The van der Waals surface area contributed by atoms with Crippen LogP contribution in [0.1, 0.15) is 11.1 Å². The molecule has 1 N–H and O–H groups in total. The quantitative estimate of drug-likeness (QED) is 0.173. The van der Waals surface area contributed by atoms with Crippen molar-refractivity contribution in [3.63, 3.8) is 0 Å². The Morgan fingerprint density at radius 3 is 2.06 bits per heavy atom. The average Bonchev–Trinajstić information content (AvgIpc) is 2.83. The molecule has 36 heavy (non-hydrogen) atoms. The van der Waals surface area contributed by atoms with E-state index in [2.05, 4.69) is 9.68 Å². The monoisotopic (exact) mass is 526 g/mol. The summed E-state index contributed by atoms with van der Waals surface area (Å²) in [5, 5.41) is 28.4. The van der Waals surface area contributed by atoms with E-state index in [1.54, 1.807) is 30.3 Å². The first kappa shape index (κ1) is 28.0. The lowest BCUT2D eigenvalue weighted by atomic mass is 9.95. The smallest absolute Gasteiger partial charge is 0.432 e. The highest BCUT2D eigenvalue weighted by Gasteiger charge is 2.20. The summed E-state index contributed by atoms with van der Waals surface area (Å²) in [6.45, 7) is -2.56. The Balaban J connectivity index is 2.23. The highest BCUT2D eigenvalue weighted by molar-refractivity contribution is 7.90. The molecule has 2 aromatic carbocycles. The molecule has 0 saturated heterocycles. The normalized spacial score (nSPS) is 12.6. The molecule has 0 aliphatic rings. The molecular weight excluding hydrogens is 504 g/mol. The van der Waals surface area contributed by atoms with E-state index < -0.39 is 58.7 Å². The van der Waals surface area contributed by atoms with Crippen molar-refractivity contribution in [2.24, 2.45) is 0 Å². The molecule has 0 aliphatic carbocycles. The minimum atomic E-state index is -3.47. The molecule has 2 rings (SSSR count). The molecule has 1 unspecified atom stereocenters. The third kappa shape index (κ3) is 8.84. The van der Waals surface area contributed by atoms with E-state index in [9.17, 15) is 38.5 Å². The Hall–Kier alpha value is -4.24. The summed E-state index contributed by atoms with van der Waals surface area (Å²) in [5.41, 5.74) is 1.76. The number of ether oxygens (including phenoxy) is 2. The number of hydrogen-bond acceptors (Lipinski definition) is 12. The fourth-order valence-corrected chi connectivity index (χ4v) is 3.59. The molecule has 14 nitrogen and oxygen atoms in total. The van der Waals surface area contributed by atoms with Gasteiger partial charge in [-0.15, -0.1) is 20.2 Å². The van der Waals surface area contributed by atoms with E-state index in [1.807, 2.05) is 0 Å². The Morgan fingerprint density at radius 2 is 1.53 bits per heavy atom. The number of sulfone groups is 1. The third-order valence-corrected chi connectivity index (χ3v) is 5.73. The van der Waals surface area contributed by atoms with Gasteiger partial charge in [0.2, 0.25) is 0 Å². The lowest BCUT2D eigenvalue weighted by Gasteiger charge is -2.17. The molecule has 0 amide bonds. The van der Waals surface area contributed by atoms with E-state index >= 15 is 0 Å². The zero-order chi connectivity index (χ0) is 26.7. The van der Waals surface area contributed by atoms with E-state index in [0.717, 1.165) is 6.26 Å². The van der Waals surface area contributed by atoms with Crippen molar-refractivity contribution in [3.8, 4) is 0 Å². The van der Waals surface area contributed by atoms with E-state index in [0.29, 0.717) is 22.3 Å². The lowest BCUT2D eigenvalue weighted by molar-refractivity contribution is -0.790. The molecule has 0 saturated carbocycles. The van der Waals surface area contributed by atoms with Crippen LogP contribution >= 0.6 is 0 Å². The van der Waals surface area contributed by atoms with Crippen LogP contribution in [0.25, 0.3) is 11.1 Å².